The van der Waals surface area contributed by atoms with Gasteiger partial charge in [-0.2, -0.15) is 0 Å². The van der Waals surface area contributed by atoms with E-state index >= 15 is 0 Å². The number of piperidine rings is 1. The fourth-order valence-corrected chi connectivity index (χ4v) is 5.89. The van der Waals surface area contributed by atoms with Crippen molar-refractivity contribution < 1.29 is 9.84 Å². The SMILES string of the molecule is CC.CC/C=C1/CCN(CC2=CCCC3=C2CCC=C3)C(C(O)c2ccnc3ccc(OC)cc23)C1. The number of benzene rings is 1. The summed E-state index contributed by atoms with van der Waals surface area (Å²) in [7, 11) is 1.68. The summed E-state index contributed by atoms with van der Waals surface area (Å²) in [6.45, 7) is 8.10. The van der Waals surface area contributed by atoms with Crippen LogP contribution >= 0.6 is 0 Å². The van der Waals surface area contributed by atoms with E-state index in [0.717, 1.165) is 80.3 Å². The Bertz CT molecular complexity index is 1170. The zero-order valence-electron chi connectivity index (χ0n) is 22.5. The average Bonchev–Trinajstić information content (AvgIpc) is 2.94. The zero-order valence-corrected chi connectivity index (χ0v) is 22.5. The normalized spacial score (nSPS) is 22.1. The molecule has 1 aromatic carbocycles. The van der Waals surface area contributed by atoms with E-state index < -0.39 is 6.10 Å². The molecule has 2 aliphatic carbocycles. The van der Waals surface area contributed by atoms with Crippen molar-refractivity contribution in [3.05, 3.63) is 82.6 Å². The van der Waals surface area contributed by atoms with Crippen molar-refractivity contribution in [2.75, 3.05) is 20.2 Å². The second-order valence-electron chi connectivity index (χ2n) is 9.70. The number of likely N-dealkylation sites (tertiary alicyclic amines) is 1. The zero-order chi connectivity index (χ0) is 25.5. The minimum atomic E-state index is -0.595. The fourth-order valence-electron chi connectivity index (χ4n) is 5.89. The predicted octanol–water partition coefficient (Wildman–Crippen LogP) is 7.47. The number of hydrogen-bond acceptors (Lipinski definition) is 4. The summed E-state index contributed by atoms with van der Waals surface area (Å²) in [4.78, 5) is 7.07. The second-order valence-corrected chi connectivity index (χ2v) is 9.70. The maximum absolute atomic E-state index is 11.8. The Balaban J connectivity index is 0.00000148. The van der Waals surface area contributed by atoms with Gasteiger partial charge in [0.2, 0.25) is 0 Å². The number of fused-ring (bicyclic) bond motifs is 1. The van der Waals surface area contributed by atoms with Gasteiger partial charge in [0.25, 0.3) is 0 Å². The molecule has 2 aromatic rings. The van der Waals surface area contributed by atoms with Crippen molar-refractivity contribution >= 4 is 10.9 Å². The molecule has 1 N–H and O–H groups in total. The molecule has 0 radical (unpaired) electrons. The summed E-state index contributed by atoms with van der Waals surface area (Å²) in [5.74, 6) is 0.790. The Hall–Kier alpha value is -2.69. The largest absolute Gasteiger partial charge is 0.497 e. The molecule has 4 heteroatoms. The van der Waals surface area contributed by atoms with Gasteiger partial charge in [-0.1, -0.05) is 50.6 Å². The molecule has 3 aliphatic rings. The Morgan fingerprint density at radius 3 is 2.83 bits per heavy atom. The number of aromatic nitrogens is 1. The van der Waals surface area contributed by atoms with Gasteiger partial charge in [-0.05, 0) is 91.5 Å². The Morgan fingerprint density at radius 1 is 1.17 bits per heavy atom. The number of aliphatic hydroxyl groups is 1. The lowest BCUT2D eigenvalue weighted by Gasteiger charge is -2.41. The predicted molar refractivity (Wildman–Crippen MR) is 150 cm³/mol. The Labute approximate surface area is 217 Å². The number of methoxy groups -OCH3 is 1. The van der Waals surface area contributed by atoms with E-state index in [1.807, 2.05) is 44.3 Å². The standard InChI is InChI=1S/C30H36N2O2.C2H6/c1-3-7-21-15-17-32(20-23-10-6-9-22-8-4-5-11-25(22)23)29(18-21)30(33)26-14-16-31-28-13-12-24(34-2)19-27(26)28;1-2/h4,7-8,10,12-14,16,19,29-30,33H,3,5-6,9,11,15,17-18,20H2,1-2H3;1-2H3/b21-7-;. The second kappa shape index (κ2) is 12.5. The molecule has 2 heterocycles. The highest BCUT2D eigenvalue weighted by molar-refractivity contribution is 5.84. The van der Waals surface area contributed by atoms with E-state index in [1.54, 1.807) is 12.7 Å². The van der Waals surface area contributed by atoms with Crippen molar-refractivity contribution in [3.63, 3.8) is 0 Å². The third-order valence-electron chi connectivity index (χ3n) is 7.65. The number of nitrogens with zero attached hydrogens (tertiary/aromatic N) is 2. The molecule has 2 unspecified atom stereocenters. The van der Waals surface area contributed by atoms with Gasteiger partial charge in [-0.15, -0.1) is 0 Å². The van der Waals surface area contributed by atoms with Crippen molar-refractivity contribution in [1.29, 1.82) is 0 Å². The van der Waals surface area contributed by atoms with Gasteiger partial charge in [0, 0.05) is 30.7 Å². The quantitative estimate of drug-likeness (QED) is 0.430. The van der Waals surface area contributed by atoms with E-state index in [4.69, 9.17) is 4.74 Å². The topological polar surface area (TPSA) is 45.6 Å². The number of ether oxygens (including phenoxy) is 1. The molecule has 36 heavy (non-hydrogen) atoms. The molecule has 1 fully saturated rings. The van der Waals surface area contributed by atoms with Crippen LogP contribution in [0.1, 0.15) is 77.4 Å². The van der Waals surface area contributed by atoms with Crippen LogP contribution in [-0.2, 0) is 0 Å². The van der Waals surface area contributed by atoms with Crippen LogP contribution in [0.3, 0.4) is 0 Å². The first kappa shape index (κ1) is 26.4. The van der Waals surface area contributed by atoms with Crippen molar-refractivity contribution in [2.45, 2.75) is 77.9 Å². The summed E-state index contributed by atoms with van der Waals surface area (Å²) in [5.41, 5.74) is 7.86. The van der Waals surface area contributed by atoms with Gasteiger partial charge in [0.15, 0.2) is 0 Å². The Kier molecular flexibility index (Phi) is 9.17. The first-order valence-electron chi connectivity index (χ1n) is 13.8. The molecule has 2 atom stereocenters. The summed E-state index contributed by atoms with van der Waals surface area (Å²) < 4.78 is 5.48. The van der Waals surface area contributed by atoms with Crippen LogP contribution in [-0.4, -0.2) is 41.2 Å². The van der Waals surface area contributed by atoms with E-state index in [2.05, 4.69) is 41.1 Å². The maximum atomic E-state index is 11.8. The van der Waals surface area contributed by atoms with Gasteiger partial charge in [-0.25, -0.2) is 0 Å². The van der Waals surface area contributed by atoms with Crippen LogP contribution in [0, 0.1) is 0 Å². The average molecular weight is 487 g/mol. The summed E-state index contributed by atoms with van der Waals surface area (Å²) in [6.07, 6.45) is 18.3. The highest BCUT2D eigenvalue weighted by Crippen LogP contribution is 2.38. The minimum Gasteiger partial charge on any atom is -0.497 e. The number of aliphatic hydroxyl groups excluding tert-OH is 1. The summed E-state index contributed by atoms with van der Waals surface area (Å²) in [6, 6.07) is 7.93. The monoisotopic (exact) mass is 486 g/mol. The summed E-state index contributed by atoms with van der Waals surface area (Å²) in [5, 5.41) is 12.8. The van der Waals surface area contributed by atoms with E-state index in [-0.39, 0.29) is 6.04 Å². The molecule has 1 aromatic heterocycles. The molecular weight excluding hydrogens is 444 g/mol. The maximum Gasteiger partial charge on any atom is 0.119 e. The summed E-state index contributed by atoms with van der Waals surface area (Å²) >= 11 is 0. The van der Waals surface area contributed by atoms with Crippen molar-refractivity contribution in [1.82, 2.24) is 9.88 Å². The molecular formula is C32H42N2O2. The molecule has 5 rings (SSSR count). The van der Waals surface area contributed by atoms with Gasteiger partial charge in [0.05, 0.1) is 18.7 Å². The van der Waals surface area contributed by atoms with Crippen LogP contribution in [0.5, 0.6) is 5.75 Å². The third-order valence-corrected chi connectivity index (χ3v) is 7.65. The minimum absolute atomic E-state index is 0.0364. The highest BCUT2D eigenvalue weighted by atomic mass is 16.5. The van der Waals surface area contributed by atoms with E-state index in [0.29, 0.717) is 0 Å². The first-order valence-corrected chi connectivity index (χ1v) is 13.8. The van der Waals surface area contributed by atoms with Crippen LogP contribution in [0.25, 0.3) is 10.9 Å². The number of hydrogen-bond donors (Lipinski definition) is 1. The molecule has 0 bridgehead atoms. The van der Waals surface area contributed by atoms with Crippen molar-refractivity contribution in [3.8, 4) is 5.75 Å². The fraction of sp³-hybridized carbons (Fsp3) is 0.469. The van der Waals surface area contributed by atoms with Crippen LogP contribution in [0.4, 0.5) is 0 Å². The van der Waals surface area contributed by atoms with Gasteiger partial charge < -0.3 is 9.84 Å². The third kappa shape index (κ3) is 5.66. The molecule has 0 amide bonds. The van der Waals surface area contributed by atoms with Gasteiger partial charge in [-0.3, -0.25) is 9.88 Å². The lowest BCUT2D eigenvalue weighted by atomic mass is 9.83. The molecule has 0 saturated carbocycles. The number of pyridine rings is 1. The lowest BCUT2D eigenvalue weighted by Crippen LogP contribution is -2.45. The number of rotatable bonds is 6. The van der Waals surface area contributed by atoms with Gasteiger partial charge in [0.1, 0.15) is 5.75 Å². The Morgan fingerprint density at radius 2 is 2.03 bits per heavy atom. The molecule has 1 aliphatic heterocycles. The van der Waals surface area contributed by atoms with E-state index in [1.165, 1.54) is 16.7 Å². The molecule has 4 nitrogen and oxygen atoms in total. The molecule has 1 saturated heterocycles. The van der Waals surface area contributed by atoms with Crippen LogP contribution in [0.15, 0.2) is 77.1 Å². The van der Waals surface area contributed by atoms with Gasteiger partial charge >= 0.3 is 0 Å². The highest BCUT2D eigenvalue weighted by Gasteiger charge is 2.33. The van der Waals surface area contributed by atoms with Crippen LogP contribution < -0.4 is 4.74 Å². The van der Waals surface area contributed by atoms with Crippen LogP contribution in [0.2, 0.25) is 0 Å². The number of allylic oxidation sites excluding steroid dienone is 5. The van der Waals surface area contributed by atoms with E-state index in [9.17, 15) is 5.11 Å². The lowest BCUT2D eigenvalue weighted by molar-refractivity contribution is 0.0437. The molecule has 192 valence electrons. The first-order chi connectivity index (χ1) is 17.7. The van der Waals surface area contributed by atoms with Crippen molar-refractivity contribution in [2.24, 2.45) is 0 Å². The smallest absolute Gasteiger partial charge is 0.119 e. The molecule has 0 spiro atoms.